The van der Waals surface area contributed by atoms with E-state index in [1.165, 1.54) is 23.0 Å². The average molecular weight is 397 g/mol. The van der Waals surface area contributed by atoms with E-state index < -0.39 is 16.7 Å². The van der Waals surface area contributed by atoms with E-state index in [1.54, 1.807) is 11.0 Å². The van der Waals surface area contributed by atoms with E-state index in [9.17, 15) is 28.1 Å². The van der Waals surface area contributed by atoms with Gasteiger partial charge in [0, 0.05) is 32.7 Å². The second-order valence-corrected chi connectivity index (χ2v) is 6.48. The lowest BCUT2D eigenvalue weighted by molar-refractivity contribution is -0.389. The van der Waals surface area contributed by atoms with Crippen molar-refractivity contribution in [3.63, 3.8) is 0 Å². The summed E-state index contributed by atoms with van der Waals surface area (Å²) in [6.45, 7) is 2.20. The monoisotopic (exact) mass is 397 g/mol. The van der Waals surface area contributed by atoms with Gasteiger partial charge < -0.3 is 15.0 Å². The molecule has 1 saturated heterocycles. The molecule has 28 heavy (non-hydrogen) atoms. The van der Waals surface area contributed by atoms with Gasteiger partial charge in [-0.3, -0.25) is 9.69 Å². The number of halogens is 3. The van der Waals surface area contributed by atoms with E-state index in [4.69, 9.17) is 0 Å². The number of benzene rings is 1. The normalized spacial score (nSPS) is 15.6. The van der Waals surface area contributed by atoms with Gasteiger partial charge in [0.05, 0.1) is 22.9 Å². The van der Waals surface area contributed by atoms with Crippen molar-refractivity contribution in [3.8, 4) is 0 Å². The molecule has 0 N–H and O–H groups in total. The highest BCUT2D eigenvalue weighted by Gasteiger charge is 2.30. The zero-order valence-electron chi connectivity index (χ0n) is 14.8. The standard InChI is InChI=1S/C17H18F3N5O3/c18-17(19,20)14-3-1-2-13(10-14)11-22-6-8-23(9-7-22)16(26)12-24-5-4-15(21-24)25(27)28/h1-5,10H,6-9,11-12H2. The molecule has 1 fully saturated rings. The van der Waals surface area contributed by atoms with Gasteiger partial charge in [-0.2, -0.15) is 17.9 Å². The third kappa shape index (κ3) is 4.85. The maximum atomic E-state index is 12.8. The molecular weight excluding hydrogens is 379 g/mol. The lowest BCUT2D eigenvalue weighted by Gasteiger charge is -2.34. The fourth-order valence-electron chi connectivity index (χ4n) is 3.03. The molecule has 3 rings (SSSR count). The van der Waals surface area contributed by atoms with Crippen LogP contribution in [0, 0.1) is 10.1 Å². The van der Waals surface area contributed by atoms with Gasteiger partial charge in [0.2, 0.25) is 5.91 Å². The van der Waals surface area contributed by atoms with Gasteiger partial charge in [0.25, 0.3) is 0 Å². The van der Waals surface area contributed by atoms with Crippen LogP contribution in [0.5, 0.6) is 0 Å². The number of aromatic nitrogens is 2. The van der Waals surface area contributed by atoms with E-state index >= 15 is 0 Å². The Morgan fingerprint density at radius 1 is 1.18 bits per heavy atom. The van der Waals surface area contributed by atoms with Crippen LogP contribution in [0.1, 0.15) is 11.1 Å². The summed E-state index contributed by atoms with van der Waals surface area (Å²) >= 11 is 0. The summed E-state index contributed by atoms with van der Waals surface area (Å²) in [5.41, 5.74) is -0.106. The molecule has 11 heteroatoms. The Bertz CT molecular complexity index is 860. The topological polar surface area (TPSA) is 84.5 Å². The smallest absolute Gasteiger partial charge is 0.358 e. The maximum Gasteiger partial charge on any atom is 0.416 e. The number of amides is 1. The third-order valence-electron chi connectivity index (χ3n) is 4.50. The van der Waals surface area contributed by atoms with Crippen molar-refractivity contribution in [2.24, 2.45) is 0 Å². The van der Waals surface area contributed by atoms with E-state index in [-0.39, 0.29) is 18.3 Å². The van der Waals surface area contributed by atoms with E-state index in [1.807, 2.05) is 4.90 Å². The Kier molecular flexibility index (Phi) is 5.63. The molecule has 0 aliphatic carbocycles. The van der Waals surface area contributed by atoms with Gasteiger partial charge in [-0.05, 0) is 16.6 Å². The minimum atomic E-state index is -4.37. The van der Waals surface area contributed by atoms with Crippen LogP contribution in [0.25, 0.3) is 0 Å². The van der Waals surface area contributed by atoms with Crippen LogP contribution in [0.4, 0.5) is 19.0 Å². The van der Waals surface area contributed by atoms with Crippen molar-refractivity contribution in [2.45, 2.75) is 19.3 Å². The lowest BCUT2D eigenvalue weighted by atomic mass is 10.1. The number of nitrogens with zero attached hydrogens (tertiary/aromatic N) is 5. The molecule has 1 aliphatic heterocycles. The average Bonchev–Trinajstić information content (AvgIpc) is 3.11. The van der Waals surface area contributed by atoms with Gasteiger partial charge >= 0.3 is 12.0 Å². The molecule has 0 unspecified atom stereocenters. The summed E-state index contributed by atoms with van der Waals surface area (Å²) in [5.74, 6) is -0.532. The van der Waals surface area contributed by atoms with Crippen molar-refractivity contribution in [3.05, 3.63) is 57.8 Å². The van der Waals surface area contributed by atoms with Crippen LogP contribution >= 0.6 is 0 Å². The van der Waals surface area contributed by atoms with Gasteiger partial charge in [-0.15, -0.1) is 0 Å². The number of carbonyl (C=O) groups is 1. The van der Waals surface area contributed by atoms with Crippen LogP contribution in [0.15, 0.2) is 36.5 Å². The summed E-state index contributed by atoms with van der Waals surface area (Å²) in [7, 11) is 0. The highest BCUT2D eigenvalue weighted by Crippen LogP contribution is 2.29. The van der Waals surface area contributed by atoms with Crippen molar-refractivity contribution in [1.82, 2.24) is 19.6 Å². The van der Waals surface area contributed by atoms with Crippen LogP contribution in [-0.4, -0.2) is 56.6 Å². The lowest BCUT2D eigenvalue weighted by Crippen LogP contribution is -2.49. The minimum Gasteiger partial charge on any atom is -0.358 e. The quantitative estimate of drug-likeness (QED) is 0.570. The second kappa shape index (κ2) is 7.97. The summed E-state index contributed by atoms with van der Waals surface area (Å²) in [4.78, 5) is 25.9. The summed E-state index contributed by atoms with van der Waals surface area (Å²) in [6, 6.07) is 6.45. The van der Waals surface area contributed by atoms with E-state index in [0.717, 1.165) is 12.1 Å². The molecule has 150 valence electrons. The minimum absolute atomic E-state index is 0.0958. The predicted molar refractivity (Wildman–Crippen MR) is 92.2 cm³/mol. The Morgan fingerprint density at radius 3 is 2.50 bits per heavy atom. The Morgan fingerprint density at radius 2 is 1.89 bits per heavy atom. The SMILES string of the molecule is O=C(Cn1ccc([N+](=O)[O-])n1)N1CCN(Cc2cccc(C(F)(F)F)c2)CC1. The number of piperazine rings is 1. The summed E-state index contributed by atoms with van der Waals surface area (Å²) in [5, 5.41) is 14.3. The molecular formula is C17H18F3N5O3. The second-order valence-electron chi connectivity index (χ2n) is 6.48. The zero-order valence-corrected chi connectivity index (χ0v) is 14.8. The maximum absolute atomic E-state index is 12.8. The molecule has 1 aromatic heterocycles. The Balaban J connectivity index is 1.51. The molecule has 0 saturated carbocycles. The molecule has 2 heterocycles. The highest BCUT2D eigenvalue weighted by atomic mass is 19.4. The summed E-state index contributed by atoms with van der Waals surface area (Å²) in [6.07, 6.45) is -3.00. The van der Waals surface area contributed by atoms with Crippen molar-refractivity contribution >= 4 is 11.7 Å². The molecule has 1 aliphatic rings. The van der Waals surface area contributed by atoms with Gasteiger partial charge in [0.15, 0.2) is 0 Å². The number of alkyl halides is 3. The van der Waals surface area contributed by atoms with Crippen molar-refractivity contribution < 1.29 is 22.9 Å². The molecule has 0 radical (unpaired) electrons. The number of nitro groups is 1. The molecule has 2 aromatic rings. The molecule has 0 spiro atoms. The largest absolute Gasteiger partial charge is 0.416 e. The molecule has 0 bridgehead atoms. The number of rotatable bonds is 5. The first-order valence-corrected chi connectivity index (χ1v) is 8.56. The fraction of sp³-hybridized carbons (Fsp3) is 0.412. The predicted octanol–water partition coefficient (Wildman–Crippen LogP) is 2.15. The first kappa shape index (κ1) is 19.8. The van der Waals surface area contributed by atoms with Crippen molar-refractivity contribution in [1.29, 1.82) is 0 Å². The third-order valence-corrected chi connectivity index (χ3v) is 4.50. The van der Waals surface area contributed by atoms with Crippen molar-refractivity contribution in [2.75, 3.05) is 26.2 Å². The highest BCUT2D eigenvalue weighted by molar-refractivity contribution is 5.76. The van der Waals surface area contributed by atoms with Crippen LogP contribution < -0.4 is 0 Å². The molecule has 1 aromatic carbocycles. The first-order valence-electron chi connectivity index (χ1n) is 8.56. The van der Waals surface area contributed by atoms with Gasteiger partial charge in [-0.25, -0.2) is 0 Å². The number of carbonyl (C=O) groups excluding carboxylic acids is 1. The number of hydrogen-bond donors (Lipinski definition) is 0. The van der Waals surface area contributed by atoms with E-state index in [0.29, 0.717) is 38.3 Å². The number of hydrogen-bond acceptors (Lipinski definition) is 5. The van der Waals surface area contributed by atoms with Crippen LogP contribution in [0.3, 0.4) is 0 Å². The molecule has 1 amide bonds. The van der Waals surface area contributed by atoms with Gasteiger partial charge in [0.1, 0.15) is 6.54 Å². The van der Waals surface area contributed by atoms with Gasteiger partial charge in [-0.1, -0.05) is 18.2 Å². The fourth-order valence-corrected chi connectivity index (χ4v) is 3.03. The first-order chi connectivity index (χ1) is 13.2. The Hall–Kier alpha value is -2.95. The molecule has 8 nitrogen and oxygen atoms in total. The van der Waals surface area contributed by atoms with E-state index in [2.05, 4.69) is 5.10 Å². The zero-order chi connectivity index (χ0) is 20.3. The van der Waals surface area contributed by atoms with Crippen LogP contribution in [0.2, 0.25) is 0 Å². The van der Waals surface area contributed by atoms with Crippen LogP contribution in [-0.2, 0) is 24.1 Å². The summed E-state index contributed by atoms with van der Waals surface area (Å²) < 4.78 is 39.6. The Labute approximate surface area is 158 Å². The molecule has 0 atom stereocenters.